The Morgan fingerprint density at radius 1 is 1.09 bits per heavy atom. The molecule has 1 aliphatic rings. The zero-order valence-corrected chi connectivity index (χ0v) is 18.5. The van der Waals surface area contributed by atoms with Gasteiger partial charge in [0, 0.05) is 35.5 Å². The first-order valence-corrected chi connectivity index (χ1v) is 10.9. The number of hydrogen-bond acceptors (Lipinski definition) is 7. The summed E-state index contributed by atoms with van der Waals surface area (Å²) in [7, 11) is 1.65. The molecule has 0 amide bonds. The molecule has 8 nitrogen and oxygen atoms in total. The lowest BCUT2D eigenvalue weighted by atomic mass is 9.96. The molecular formula is C25H26N6O2. The van der Waals surface area contributed by atoms with Gasteiger partial charge < -0.3 is 15.2 Å². The summed E-state index contributed by atoms with van der Waals surface area (Å²) in [6.07, 6.45) is 0. The Labute approximate surface area is 191 Å². The van der Waals surface area contributed by atoms with Gasteiger partial charge in [-0.25, -0.2) is 4.98 Å². The lowest BCUT2D eigenvalue weighted by Gasteiger charge is -2.25. The van der Waals surface area contributed by atoms with Crippen molar-refractivity contribution in [3.63, 3.8) is 0 Å². The summed E-state index contributed by atoms with van der Waals surface area (Å²) in [5.41, 5.74) is 9.42. The lowest BCUT2D eigenvalue weighted by molar-refractivity contribution is 0.0331. The van der Waals surface area contributed by atoms with E-state index in [-0.39, 0.29) is 0 Å². The van der Waals surface area contributed by atoms with Crippen LogP contribution in [0, 0.1) is 5.41 Å². The van der Waals surface area contributed by atoms with Crippen molar-refractivity contribution >= 4 is 22.2 Å². The maximum absolute atomic E-state index is 8.83. The highest BCUT2D eigenvalue weighted by molar-refractivity contribution is 6.15. The van der Waals surface area contributed by atoms with Crippen LogP contribution in [0.2, 0.25) is 0 Å². The van der Waals surface area contributed by atoms with Crippen molar-refractivity contribution in [2.45, 2.75) is 6.54 Å². The summed E-state index contributed by atoms with van der Waals surface area (Å²) >= 11 is 0. The van der Waals surface area contributed by atoms with Gasteiger partial charge in [-0.3, -0.25) is 15.4 Å². The summed E-state index contributed by atoms with van der Waals surface area (Å²) in [4.78, 5) is 6.95. The molecule has 0 saturated carbocycles. The molecule has 168 valence electrons. The summed E-state index contributed by atoms with van der Waals surface area (Å²) in [5.74, 6) is 2.21. The first-order chi connectivity index (χ1) is 16.1. The maximum Gasteiger partial charge on any atom is 0.181 e. The molecule has 2 heterocycles. The highest BCUT2D eigenvalue weighted by Crippen LogP contribution is 2.26. The molecular weight excluding hydrogens is 416 g/mol. The zero-order chi connectivity index (χ0) is 22.8. The molecule has 5 rings (SSSR count). The molecule has 8 heteroatoms. The number of aromatic nitrogens is 3. The number of aromatic amines is 1. The molecule has 1 saturated heterocycles. The van der Waals surface area contributed by atoms with Gasteiger partial charge in [0.1, 0.15) is 11.6 Å². The topological polar surface area (TPSA) is 113 Å². The second-order valence-electron chi connectivity index (χ2n) is 8.10. The SMILES string of the molecule is COc1ccc2cc(C(=N)c3cc(-c4n[nH]c(CN5CCOCC5)n4)ccc3N)ccc2c1. The Morgan fingerprint density at radius 3 is 2.70 bits per heavy atom. The Kier molecular flexibility index (Phi) is 5.77. The third-order valence-corrected chi connectivity index (χ3v) is 5.93. The maximum atomic E-state index is 8.83. The van der Waals surface area contributed by atoms with Crippen LogP contribution in [0.1, 0.15) is 17.0 Å². The Bertz CT molecular complexity index is 1310. The van der Waals surface area contributed by atoms with Crippen LogP contribution in [0.5, 0.6) is 5.75 Å². The van der Waals surface area contributed by atoms with Gasteiger partial charge in [-0.2, -0.15) is 5.10 Å². The number of rotatable bonds is 6. The first-order valence-electron chi connectivity index (χ1n) is 10.9. The normalized spacial score (nSPS) is 14.5. The highest BCUT2D eigenvalue weighted by Gasteiger charge is 2.16. The van der Waals surface area contributed by atoms with Gasteiger partial charge in [0.15, 0.2) is 5.82 Å². The number of nitrogens with one attached hydrogen (secondary N) is 2. The van der Waals surface area contributed by atoms with Crippen LogP contribution in [0.3, 0.4) is 0 Å². The molecule has 0 atom stereocenters. The largest absolute Gasteiger partial charge is 0.497 e. The minimum absolute atomic E-state index is 0.358. The van der Waals surface area contributed by atoms with Crippen molar-refractivity contribution in [2.24, 2.45) is 0 Å². The number of hydrogen-bond donors (Lipinski definition) is 3. The number of nitrogens with zero attached hydrogens (tertiary/aromatic N) is 3. The number of methoxy groups -OCH3 is 1. The molecule has 0 unspecified atom stereocenters. The Balaban J connectivity index is 1.40. The number of anilines is 1. The predicted octanol–water partition coefficient (Wildman–Crippen LogP) is 3.46. The molecule has 4 aromatic rings. The molecule has 33 heavy (non-hydrogen) atoms. The molecule has 0 radical (unpaired) electrons. The van der Waals surface area contributed by atoms with Gasteiger partial charge >= 0.3 is 0 Å². The van der Waals surface area contributed by atoms with E-state index in [1.165, 1.54) is 0 Å². The van der Waals surface area contributed by atoms with E-state index >= 15 is 0 Å². The number of benzene rings is 3. The van der Waals surface area contributed by atoms with Crippen molar-refractivity contribution in [2.75, 3.05) is 39.1 Å². The first kappa shape index (κ1) is 21.1. The van der Waals surface area contributed by atoms with Crippen LogP contribution >= 0.6 is 0 Å². The van der Waals surface area contributed by atoms with Crippen molar-refractivity contribution < 1.29 is 9.47 Å². The van der Waals surface area contributed by atoms with Gasteiger partial charge in [0.05, 0.1) is 32.6 Å². The van der Waals surface area contributed by atoms with Crippen LogP contribution in [0.4, 0.5) is 5.69 Å². The number of ether oxygens (including phenoxy) is 2. The number of nitrogen functional groups attached to an aromatic ring is 1. The van der Waals surface area contributed by atoms with Crippen molar-refractivity contribution in [3.05, 3.63) is 71.5 Å². The van der Waals surface area contributed by atoms with E-state index in [0.29, 0.717) is 29.3 Å². The molecule has 1 fully saturated rings. The standard InChI is InChI=1S/C25H26N6O2/c1-32-20-6-4-16-12-18(3-2-17(16)13-20)24(27)21-14-19(5-7-22(21)26)25-28-23(29-30-25)15-31-8-10-33-11-9-31/h2-7,12-14,27H,8-11,15,26H2,1H3,(H,28,29,30). The van der Waals surface area contributed by atoms with Crippen LogP contribution in [-0.4, -0.2) is 59.2 Å². The third kappa shape index (κ3) is 4.44. The third-order valence-electron chi connectivity index (χ3n) is 5.93. The van der Waals surface area contributed by atoms with E-state index in [0.717, 1.165) is 59.8 Å². The van der Waals surface area contributed by atoms with Crippen LogP contribution in [0.25, 0.3) is 22.2 Å². The van der Waals surface area contributed by atoms with Crippen LogP contribution < -0.4 is 10.5 Å². The monoisotopic (exact) mass is 442 g/mol. The Morgan fingerprint density at radius 2 is 1.88 bits per heavy atom. The highest BCUT2D eigenvalue weighted by atomic mass is 16.5. The molecule has 0 aliphatic carbocycles. The lowest BCUT2D eigenvalue weighted by Crippen LogP contribution is -2.35. The van der Waals surface area contributed by atoms with E-state index in [4.69, 9.17) is 20.6 Å². The van der Waals surface area contributed by atoms with Gasteiger partial charge in [0.25, 0.3) is 0 Å². The van der Waals surface area contributed by atoms with Crippen molar-refractivity contribution in [1.82, 2.24) is 20.1 Å². The molecule has 1 aliphatic heterocycles. The van der Waals surface area contributed by atoms with E-state index in [9.17, 15) is 0 Å². The number of H-pyrrole nitrogens is 1. The van der Waals surface area contributed by atoms with E-state index in [2.05, 4.69) is 20.1 Å². The van der Waals surface area contributed by atoms with E-state index < -0.39 is 0 Å². The molecule has 4 N–H and O–H groups in total. The smallest absolute Gasteiger partial charge is 0.181 e. The van der Waals surface area contributed by atoms with Gasteiger partial charge in [-0.1, -0.05) is 18.2 Å². The van der Waals surface area contributed by atoms with Gasteiger partial charge in [-0.05, 0) is 47.2 Å². The zero-order valence-electron chi connectivity index (χ0n) is 18.5. The summed E-state index contributed by atoms with van der Waals surface area (Å²) in [6.45, 7) is 3.96. The number of nitrogens with two attached hydrogens (primary N) is 1. The van der Waals surface area contributed by atoms with Crippen molar-refractivity contribution in [3.8, 4) is 17.1 Å². The Hall–Kier alpha value is -3.75. The molecule has 3 aromatic carbocycles. The van der Waals surface area contributed by atoms with Gasteiger partial charge in [0.2, 0.25) is 0 Å². The van der Waals surface area contributed by atoms with Crippen molar-refractivity contribution in [1.29, 1.82) is 5.41 Å². The number of morpholine rings is 1. The molecule has 0 bridgehead atoms. The summed E-state index contributed by atoms with van der Waals surface area (Å²) in [5, 5.41) is 18.4. The molecule has 0 spiro atoms. The van der Waals surface area contributed by atoms with E-state index in [1.54, 1.807) is 7.11 Å². The van der Waals surface area contributed by atoms with Crippen LogP contribution in [-0.2, 0) is 11.3 Å². The van der Waals surface area contributed by atoms with Crippen LogP contribution in [0.15, 0.2) is 54.6 Å². The minimum Gasteiger partial charge on any atom is -0.497 e. The minimum atomic E-state index is 0.358. The van der Waals surface area contributed by atoms with Gasteiger partial charge in [-0.15, -0.1) is 0 Å². The van der Waals surface area contributed by atoms with E-state index in [1.807, 2.05) is 54.6 Å². The average Bonchev–Trinajstić information content (AvgIpc) is 3.32. The quantitative estimate of drug-likeness (QED) is 0.311. The molecule has 1 aromatic heterocycles. The summed E-state index contributed by atoms with van der Waals surface area (Å²) in [6, 6.07) is 17.4. The fourth-order valence-electron chi connectivity index (χ4n) is 4.04. The predicted molar refractivity (Wildman–Crippen MR) is 129 cm³/mol. The second kappa shape index (κ2) is 9.01. The fourth-order valence-corrected chi connectivity index (χ4v) is 4.04. The average molecular weight is 443 g/mol. The fraction of sp³-hybridized carbons (Fsp3) is 0.240. The second-order valence-corrected chi connectivity index (χ2v) is 8.10. The summed E-state index contributed by atoms with van der Waals surface area (Å²) < 4.78 is 10.7. The number of fused-ring (bicyclic) bond motifs is 1.